The standard InChI is InChI=1S/C23H25N5O2S/c1-31-23-26-16-20(28(23)19-7-3-2-4-8-19)22(30)27-12-9-18(10-13-27)21(29)25-15-17-6-5-11-24-14-17/h2-8,11,14,16,18H,9-10,12-13,15H2,1H3,(H,25,29). The van der Waals surface area contributed by atoms with Gasteiger partial charge in [-0.2, -0.15) is 0 Å². The number of imidazole rings is 1. The fraction of sp³-hybridized carbons (Fsp3) is 0.304. The predicted octanol–water partition coefficient (Wildman–Crippen LogP) is 3.16. The number of likely N-dealkylation sites (tertiary alicyclic amines) is 1. The molecule has 160 valence electrons. The Balaban J connectivity index is 1.39. The number of piperidine rings is 1. The minimum absolute atomic E-state index is 0.0370. The summed E-state index contributed by atoms with van der Waals surface area (Å²) in [6.45, 7) is 1.58. The Morgan fingerprint density at radius 1 is 1.10 bits per heavy atom. The number of nitrogens with one attached hydrogen (secondary N) is 1. The molecule has 0 radical (unpaired) electrons. The number of carbonyl (C=O) groups excluding carboxylic acids is 2. The SMILES string of the molecule is CSc1ncc(C(=O)N2CCC(C(=O)NCc3cccnc3)CC2)n1-c1ccccc1. The van der Waals surface area contributed by atoms with E-state index in [-0.39, 0.29) is 17.7 Å². The van der Waals surface area contributed by atoms with Crippen molar-refractivity contribution < 1.29 is 9.59 Å². The van der Waals surface area contributed by atoms with E-state index in [1.807, 2.05) is 58.2 Å². The van der Waals surface area contributed by atoms with E-state index in [1.165, 1.54) is 11.8 Å². The molecule has 1 aromatic carbocycles. The van der Waals surface area contributed by atoms with Gasteiger partial charge >= 0.3 is 0 Å². The number of nitrogens with zero attached hydrogens (tertiary/aromatic N) is 4. The maximum absolute atomic E-state index is 13.3. The summed E-state index contributed by atoms with van der Waals surface area (Å²) in [6, 6.07) is 13.6. The maximum atomic E-state index is 13.3. The Hall–Kier alpha value is -3.13. The molecule has 3 aromatic rings. The summed E-state index contributed by atoms with van der Waals surface area (Å²) in [5.41, 5.74) is 2.44. The fourth-order valence-corrected chi connectivity index (χ4v) is 4.34. The zero-order valence-corrected chi connectivity index (χ0v) is 18.2. The van der Waals surface area contributed by atoms with Gasteiger partial charge in [0.2, 0.25) is 5.91 Å². The molecule has 1 aliphatic rings. The second-order valence-electron chi connectivity index (χ2n) is 7.45. The maximum Gasteiger partial charge on any atom is 0.272 e. The van der Waals surface area contributed by atoms with Crippen LogP contribution in [0.4, 0.5) is 0 Å². The Kier molecular flexibility index (Phi) is 6.66. The molecule has 0 aliphatic carbocycles. The van der Waals surface area contributed by atoms with Gasteiger partial charge in [-0.05, 0) is 42.9 Å². The summed E-state index contributed by atoms with van der Waals surface area (Å²) >= 11 is 1.51. The van der Waals surface area contributed by atoms with Crippen molar-refractivity contribution in [3.8, 4) is 5.69 Å². The number of hydrogen-bond acceptors (Lipinski definition) is 5. The molecule has 7 nitrogen and oxygen atoms in total. The van der Waals surface area contributed by atoms with E-state index in [2.05, 4.69) is 15.3 Å². The second kappa shape index (κ2) is 9.78. The lowest BCUT2D eigenvalue weighted by molar-refractivity contribution is -0.126. The first-order valence-electron chi connectivity index (χ1n) is 10.3. The van der Waals surface area contributed by atoms with E-state index >= 15 is 0 Å². The molecule has 2 amide bonds. The lowest BCUT2D eigenvalue weighted by atomic mass is 9.95. The van der Waals surface area contributed by atoms with Crippen LogP contribution >= 0.6 is 11.8 Å². The minimum atomic E-state index is -0.0819. The van der Waals surface area contributed by atoms with Gasteiger partial charge < -0.3 is 10.2 Å². The van der Waals surface area contributed by atoms with Crippen molar-refractivity contribution in [2.45, 2.75) is 24.5 Å². The first-order valence-corrected chi connectivity index (χ1v) is 11.5. The van der Waals surface area contributed by atoms with Gasteiger partial charge in [-0.3, -0.25) is 19.1 Å². The van der Waals surface area contributed by atoms with E-state index in [0.717, 1.165) is 16.4 Å². The molecule has 8 heteroatoms. The highest BCUT2D eigenvalue weighted by atomic mass is 32.2. The molecular formula is C23H25N5O2S. The fourth-order valence-electron chi connectivity index (χ4n) is 3.80. The number of pyridine rings is 1. The predicted molar refractivity (Wildman–Crippen MR) is 120 cm³/mol. The molecule has 3 heterocycles. The summed E-state index contributed by atoms with van der Waals surface area (Å²) in [6.07, 6.45) is 8.36. The van der Waals surface area contributed by atoms with Gasteiger partial charge in [0, 0.05) is 43.6 Å². The summed E-state index contributed by atoms with van der Waals surface area (Å²) in [7, 11) is 0. The van der Waals surface area contributed by atoms with Crippen molar-refractivity contribution in [3.05, 3.63) is 72.3 Å². The summed E-state index contributed by atoms with van der Waals surface area (Å²) < 4.78 is 1.90. The van der Waals surface area contributed by atoms with Crippen LogP contribution in [0.15, 0.2) is 66.2 Å². The van der Waals surface area contributed by atoms with Gasteiger partial charge in [-0.1, -0.05) is 36.0 Å². The lowest BCUT2D eigenvalue weighted by Gasteiger charge is -2.31. The van der Waals surface area contributed by atoms with Crippen LogP contribution in [-0.2, 0) is 11.3 Å². The number of benzene rings is 1. The van der Waals surface area contributed by atoms with E-state index < -0.39 is 0 Å². The third kappa shape index (κ3) is 4.80. The molecule has 0 bridgehead atoms. The molecule has 0 saturated carbocycles. The summed E-state index contributed by atoms with van der Waals surface area (Å²) in [5, 5.41) is 3.76. The van der Waals surface area contributed by atoms with Gasteiger partial charge in [0.15, 0.2) is 5.16 Å². The van der Waals surface area contributed by atoms with Crippen molar-refractivity contribution in [3.63, 3.8) is 0 Å². The van der Waals surface area contributed by atoms with Crippen molar-refractivity contribution in [1.82, 2.24) is 24.8 Å². The van der Waals surface area contributed by atoms with Crippen LogP contribution in [0, 0.1) is 5.92 Å². The lowest BCUT2D eigenvalue weighted by Crippen LogP contribution is -2.43. The monoisotopic (exact) mass is 435 g/mol. The molecule has 1 saturated heterocycles. The third-order valence-corrected chi connectivity index (χ3v) is 6.14. The molecule has 2 aromatic heterocycles. The molecule has 1 N–H and O–H groups in total. The van der Waals surface area contributed by atoms with E-state index in [9.17, 15) is 9.59 Å². The average molecular weight is 436 g/mol. The zero-order chi connectivity index (χ0) is 21.6. The highest BCUT2D eigenvalue weighted by molar-refractivity contribution is 7.98. The molecule has 1 aliphatic heterocycles. The molecule has 0 atom stereocenters. The van der Waals surface area contributed by atoms with Gasteiger partial charge in [-0.15, -0.1) is 0 Å². The number of hydrogen-bond donors (Lipinski definition) is 1. The highest BCUT2D eigenvalue weighted by Crippen LogP contribution is 2.25. The van der Waals surface area contributed by atoms with Crippen molar-refractivity contribution >= 4 is 23.6 Å². The van der Waals surface area contributed by atoms with E-state index in [1.54, 1.807) is 18.6 Å². The van der Waals surface area contributed by atoms with Gasteiger partial charge in [0.25, 0.3) is 5.91 Å². The summed E-state index contributed by atoms with van der Waals surface area (Å²) in [5.74, 6) is -0.0951. The number of rotatable bonds is 6. The average Bonchev–Trinajstić information content (AvgIpc) is 3.27. The quantitative estimate of drug-likeness (QED) is 0.602. The number of para-hydroxylation sites is 1. The number of amides is 2. The Labute approximate surface area is 185 Å². The van der Waals surface area contributed by atoms with Gasteiger partial charge in [-0.25, -0.2) is 4.98 Å². The van der Waals surface area contributed by atoms with Crippen LogP contribution < -0.4 is 5.32 Å². The van der Waals surface area contributed by atoms with E-state index in [4.69, 9.17) is 0 Å². The van der Waals surface area contributed by atoms with Crippen LogP contribution in [0.5, 0.6) is 0 Å². The van der Waals surface area contributed by atoms with Crippen molar-refractivity contribution in [2.24, 2.45) is 5.92 Å². The van der Waals surface area contributed by atoms with Gasteiger partial charge in [0.1, 0.15) is 5.69 Å². The Morgan fingerprint density at radius 3 is 2.55 bits per heavy atom. The smallest absolute Gasteiger partial charge is 0.272 e. The highest BCUT2D eigenvalue weighted by Gasteiger charge is 2.29. The molecule has 1 fully saturated rings. The van der Waals surface area contributed by atoms with Crippen LogP contribution in [0.25, 0.3) is 5.69 Å². The first-order chi connectivity index (χ1) is 15.2. The molecule has 0 unspecified atom stereocenters. The first kappa shape index (κ1) is 21.1. The molecule has 0 spiro atoms. The third-order valence-electron chi connectivity index (χ3n) is 5.49. The van der Waals surface area contributed by atoms with Crippen LogP contribution in [0.1, 0.15) is 28.9 Å². The largest absolute Gasteiger partial charge is 0.352 e. The molecule has 31 heavy (non-hydrogen) atoms. The normalized spacial score (nSPS) is 14.4. The Bertz CT molecular complexity index is 1030. The topological polar surface area (TPSA) is 80.1 Å². The molecule has 4 rings (SSSR count). The number of thioether (sulfide) groups is 1. The Morgan fingerprint density at radius 2 is 1.87 bits per heavy atom. The van der Waals surface area contributed by atoms with Crippen molar-refractivity contribution in [2.75, 3.05) is 19.3 Å². The van der Waals surface area contributed by atoms with Crippen LogP contribution in [-0.4, -0.2) is 50.6 Å². The van der Waals surface area contributed by atoms with E-state index in [0.29, 0.717) is 38.2 Å². The number of aromatic nitrogens is 3. The minimum Gasteiger partial charge on any atom is -0.352 e. The molecular weight excluding hydrogens is 410 g/mol. The van der Waals surface area contributed by atoms with Crippen LogP contribution in [0.2, 0.25) is 0 Å². The summed E-state index contributed by atoms with van der Waals surface area (Å²) in [4.78, 5) is 36.1. The van der Waals surface area contributed by atoms with Gasteiger partial charge in [0.05, 0.1) is 6.20 Å². The zero-order valence-electron chi connectivity index (χ0n) is 17.4. The van der Waals surface area contributed by atoms with Crippen molar-refractivity contribution in [1.29, 1.82) is 0 Å². The number of carbonyl (C=O) groups is 2. The second-order valence-corrected chi connectivity index (χ2v) is 8.22. The van der Waals surface area contributed by atoms with Crippen LogP contribution in [0.3, 0.4) is 0 Å².